The lowest BCUT2D eigenvalue weighted by atomic mass is 10.2. The predicted molar refractivity (Wildman–Crippen MR) is 78.1 cm³/mol. The Morgan fingerprint density at radius 1 is 1.30 bits per heavy atom. The van der Waals surface area contributed by atoms with Crippen molar-refractivity contribution in [3.05, 3.63) is 40.4 Å². The van der Waals surface area contributed by atoms with Crippen LogP contribution in [0.3, 0.4) is 0 Å². The van der Waals surface area contributed by atoms with E-state index < -0.39 is 0 Å². The van der Waals surface area contributed by atoms with Crippen LogP contribution in [0.15, 0.2) is 28.7 Å². The monoisotopic (exact) mass is 340 g/mol. The molecule has 106 valence electrons. The van der Waals surface area contributed by atoms with Crippen LogP contribution in [0.25, 0.3) is 0 Å². The highest BCUT2D eigenvalue weighted by Gasteiger charge is 2.11. The number of ether oxygens (including phenoxy) is 1. The van der Waals surface area contributed by atoms with E-state index in [2.05, 4.69) is 31.3 Å². The molecular weight excluding hydrogens is 327 g/mol. The second-order valence-corrected chi connectivity index (χ2v) is 5.28. The maximum atomic E-state index is 13.0. The molecule has 20 heavy (non-hydrogen) atoms. The summed E-state index contributed by atoms with van der Waals surface area (Å²) in [5.74, 6) is 7.01. The van der Waals surface area contributed by atoms with Gasteiger partial charge in [0, 0.05) is 12.0 Å². The van der Waals surface area contributed by atoms with E-state index in [1.165, 1.54) is 18.2 Å². The molecule has 2 aromatic rings. The van der Waals surface area contributed by atoms with Crippen LogP contribution >= 0.6 is 15.9 Å². The molecule has 1 heterocycles. The van der Waals surface area contributed by atoms with Gasteiger partial charge in [-0.1, -0.05) is 13.8 Å². The van der Waals surface area contributed by atoms with Gasteiger partial charge in [0.05, 0.1) is 4.47 Å². The highest BCUT2D eigenvalue weighted by Crippen LogP contribution is 2.30. The summed E-state index contributed by atoms with van der Waals surface area (Å²) in [7, 11) is 0. The molecule has 0 aliphatic heterocycles. The van der Waals surface area contributed by atoms with Crippen molar-refractivity contribution in [3.63, 3.8) is 0 Å². The third-order valence-electron chi connectivity index (χ3n) is 2.49. The number of anilines is 1. The minimum Gasteiger partial charge on any atom is -0.438 e. The molecule has 3 N–H and O–H groups in total. The Labute approximate surface area is 124 Å². The molecule has 1 aromatic carbocycles. The normalized spacial score (nSPS) is 10.7. The minimum absolute atomic E-state index is 0.127. The van der Waals surface area contributed by atoms with Crippen molar-refractivity contribution < 1.29 is 9.13 Å². The number of nitrogens with one attached hydrogen (secondary N) is 1. The van der Waals surface area contributed by atoms with Crippen molar-refractivity contribution in [2.24, 2.45) is 5.84 Å². The molecule has 0 radical (unpaired) electrons. The summed E-state index contributed by atoms with van der Waals surface area (Å²) in [6, 6.07) is 5.72. The van der Waals surface area contributed by atoms with Gasteiger partial charge in [0.1, 0.15) is 23.2 Å². The quantitative estimate of drug-likeness (QED) is 0.657. The number of nitrogens with zero attached hydrogens (tertiary/aromatic N) is 2. The molecule has 0 saturated carbocycles. The van der Waals surface area contributed by atoms with E-state index in [-0.39, 0.29) is 11.7 Å². The summed E-state index contributed by atoms with van der Waals surface area (Å²) in [6.45, 7) is 3.93. The summed E-state index contributed by atoms with van der Waals surface area (Å²) in [5.41, 5.74) is 2.47. The number of aromatic nitrogens is 2. The number of hydrazine groups is 1. The van der Waals surface area contributed by atoms with Gasteiger partial charge in [-0.15, -0.1) is 0 Å². The molecule has 7 heteroatoms. The first-order valence-corrected chi connectivity index (χ1v) is 6.77. The number of hydrogen-bond donors (Lipinski definition) is 2. The first-order valence-electron chi connectivity index (χ1n) is 5.98. The van der Waals surface area contributed by atoms with Gasteiger partial charge in [-0.25, -0.2) is 15.2 Å². The minimum atomic E-state index is -0.348. The Hall–Kier alpha value is -1.73. The topological polar surface area (TPSA) is 73.1 Å². The predicted octanol–water partition coefficient (Wildman–Crippen LogP) is 3.58. The van der Waals surface area contributed by atoms with Gasteiger partial charge in [-0.3, -0.25) is 0 Å². The van der Waals surface area contributed by atoms with Gasteiger partial charge >= 0.3 is 0 Å². The molecule has 0 fully saturated rings. The average Bonchev–Trinajstić information content (AvgIpc) is 2.41. The van der Waals surface area contributed by atoms with E-state index in [9.17, 15) is 4.39 Å². The Morgan fingerprint density at radius 2 is 2.05 bits per heavy atom. The Kier molecular flexibility index (Phi) is 4.51. The van der Waals surface area contributed by atoms with E-state index in [0.717, 1.165) is 0 Å². The summed E-state index contributed by atoms with van der Waals surface area (Å²) >= 11 is 3.24. The zero-order valence-corrected chi connectivity index (χ0v) is 12.6. The number of halogens is 2. The zero-order chi connectivity index (χ0) is 14.7. The fourth-order valence-electron chi connectivity index (χ4n) is 1.50. The SMILES string of the molecule is CC(C)c1nc(NN)cc(Oc2ccc(F)cc2Br)n1. The molecule has 0 spiro atoms. The molecule has 5 nitrogen and oxygen atoms in total. The lowest BCUT2D eigenvalue weighted by Gasteiger charge is -2.11. The maximum Gasteiger partial charge on any atom is 0.224 e. The van der Waals surface area contributed by atoms with Gasteiger partial charge < -0.3 is 10.2 Å². The highest BCUT2D eigenvalue weighted by molar-refractivity contribution is 9.10. The summed E-state index contributed by atoms with van der Waals surface area (Å²) in [6.07, 6.45) is 0. The number of nitrogens with two attached hydrogens (primary N) is 1. The molecule has 0 unspecified atom stereocenters. The van der Waals surface area contributed by atoms with Crippen LogP contribution in [0.2, 0.25) is 0 Å². The lowest BCUT2D eigenvalue weighted by molar-refractivity contribution is 0.453. The largest absolute Gasteiger partial charge is 0.438 e. The fourth-order valence-corrected chi connectivity index (χ4v) is 1.93. The highest BCUT2D eigenvalue weighted by atomic mass is 79.9. The van der Waals surface area contributed by atoms with Gasteiger partial charge in [0.25, 0.3) is 0 Å². The van der Waals surface area contributed by atoms with E-state index in [1.54, 1.807) is 6.07 Å². The first-order chi connectivity index (χ1) is 9.49. The van der Waals surface area contributed by atoms with E-state index in [4.69, 9.17) is 10.6 Å². The smallest absolute Gasteiger partial charge is 0.224 e. The summed E-state index contributed by atoms with van der Waals surface area (Å²) in [5, 5.41) is 0. The second kappa shape index (κ2) is 6.15. The molecule has 0 saturated heterocycles. The third kappa shape index (κ3) is 3.43. The molecule has 0 amide bonds. The summed E-state index contributed by atoms with van der Waals surface area (Å²) < 4.78 is 19.2. The molecular formula is C13H14BrFN4O. The Morgan fingerprint density at radius 3 is 2.65 bits per heavy atom. The average molecular weight is 341 g/mol. The van der Waals surface area contributed by atoms with Crippen LogP contribution in [0, 0.1) is 5.82 Å². The standard InChI is InChI=1S/C13H14BrFN4O/c1-7(2)13-17-11(19-16)6-12(18-13)20-10-4-3-8(15)5-9(10)14/h3-7H,16H2,1-2H3,(H,17,18,19). The van der Waals surface area contributed by atoms with Gasteiger partial charge in [-0.2, -0.15) is 4.98 Å². The van der Waals surface area contributed by atoms with E-state index in [1.807, 2.05) is 13.8 Å². The number of rotatable bonds is 4. The number of nitrogen functional groups attached to an aromatic ring is 1. The van der Waals surface area contributed by atoms with Gasteiger partial charge in [0.2, 0.25) is 5.88 Å². The molecule has 0 bridgehead atoms. The van der Waals surface area contributed by atoms with Crippen molar-refractivity contribution in [1.82, 2.24) is 9.97 Å². The Bertz CT molecular complexity index is 621. The number of hydrogen-bond acceptors (Lipinski definition) is 5. The van der Waals surface area contributed by atoms with Crippen LogP contribution in [0.5, 0.6) is 11.6 Å². The second-order valence-electron chi connectivity index (χ2n) is 4.43. The fraction of sp³-hybridized carbons (Fsp3) is 0.231. The molecule has 0 atom stereocenters. The Balaban J connectivity index is 2.34. The molecule has 1 aromatic heterocycles. The zero-order valence-electron chi connectivity index (χ0n) is 11.0. The van der Waals surface area contributed by atoms with E-state index in [0.29, 0.717) is 27.7 Å². The third-order valence-corrected chi connectivity index (χ3v) is 3.11. The maximum absolute atomic E-state index is 13.0. The van der Waals surface area contributed by atoms with Gasteiger partial charge in [-0.05, 0) is 34.1 Å². The molecule has 2 rings (SSSR count). The van der Waals surface area contributed by atoms with Crippen molar-refractivity contribution in [3.8, 4) is 11.6 Å². The van der Waals surface area contributed by atoms with Crippen LogP contribution in [0.1, 0.15) is 25.6 Å². The summed E-state index contributed by atoms with van der Waals surface area (Å²) in [4.78, 5) is 8.53. The van der Waals surface area contributed by atoms with Crippen molar-refractivity contribution in [1.29, 1.82) is 0 Å². The van der Waals surface area contributed by atoms with Crippen LogP contribution in [-0.4, -0.2) is 9.97 Å². The molecule has 0 aliphatic rings. The van der Waals surface area contributed by atoms with Crippen molar-refractivity contribution >= 4 is 21.7 Å². The van der Waals surface area contributed by atoms with Crippen LogP contribution < -0.4 is 16.0 Å². The van der Waals surface area contributed by atoms with Crippen LogP contribution in [0.4, 0.5) is 10.2 Å². The van der Waals surface area contributed by atoms with Crippen molar-refractivity contribution in [2.45, 2.75) is 19.8 Å². The van der Waals surface area contributed by atoms with Gasteiger partial charge in [0.15, 0.2) is 0 Å². The lowest BCUT2D eigenvalue weighted by Crippen LogP contribution is -2.11. The number of benzene rings is 1. The first kappa shape index (κ1) is 14.7. The molecule has 0 aliphatic carbocycles. The van der Waals surface area contributed by atoms with E-state index >= 15 is 0 Å². The van der Waals surface area contributed by atoms with Crippen LogP contribution in [-0.2, 0) is 0 Å². The van der Waals surface area contributed by atoms with Crippen molar-refractivity contribution in [2.75, 3.05) is 5.43 Å².